The van der Waals surface area contributed by atoms with Gasteiger partial charge in [-0.3, -0.25) is 0 Å². The number of hydrogen-bond donors (Lipinski definition) is 1. The smallest absolute Gasteiger partial charge is 0.266 e. The predicted octanol–water partition coefficient (Wildman–Crippen LogP) is 1.85. The standard InChI is InChI=1S/C11H23NO3S/c1-5-9-8-10(2,3)6-7-11(9,12)15-16(4,13)14/h9H,5-8,12H2,1-4H3. The molecule has 1 aliphatic carbocycles. The molecule has 1 aliphatic rings. The molecule has 0 aromatic carbocycles. The maximum absolute atomic E-state index is 11.2. The van der Waals surface area contributed by atoms with Crippen molar-refractivity contribution in [3.63, 3.8) is 0 Å². The average molecular weight is 249 g/mol. The van der Waals surface area contributed by atoms with Crippen LogP contribution in [0.3, 0.4) is 0 Å². The summed E-state index contributed by atoms with van der Waals surface area (Å²) in [5, 5.41) is 0. The Hall–Kier alpha value is -0.130. The summed E-state index contributed by atoms with van der Waals surface area (Å²) in [5.41, 5.74) is 5.34. The quantitative estimate of drug-likeness (QED) is 0.612. The zero-order valence-corrected chi connectivity index (χ0v) is 11.4. The molecule has 0 spiro atoms. The van der Waals surface area contributed by atoms with Gasteiger partial charge in [0.05, 0.1) is 6.26 Å². The normalized spacial score (nSPS) is 34.9. The van der Waals surface area contributed by atoms with Crippen molar-refractivity contribution in [1.29, 1.82) is 0 Å². The van der Waals surface area contributed by atoms with Gasteiger partial charge in [0.1, 0.15) is 5.72 Å². The third kappa shape index (κ3) is 3.43. The van der Waals surface area contributed by atoms with Crippen molar-refractivity contribution in [2.24, 2.45) is 17.1 Å². The fourth-order valence-electron chi connectivity index (χ4n) is 2.56. The Labute approximate surface area is 98.7 Å². The van der Waals surface area contributed by atoms with E-state index in [2.05, 4.69) is 13.8 Å². The molecule has 0 aromatic rings. The molecule has 5 heteroatoms. The minimum atomic E-state index is -3.49. The van der Waals surface area contributed by atoms with Gasteiger partial charge in [-0.2, -0.15) is 8.42 Å². The maximum Gasteiger partial charge on any atom is 0.266 e. The Kier molecular flexibility index (Phi) is 3.72. The average Bonchev–Trinajstić information content (AvgIpc) is 2.07. The lowest BCUT2D eigenvalue weighted by atomic mass is 9.67. The largest absolute Gasteiger partial charge is 0.302 e. The molecule has 2 atom stereocenters. The lowest BCUT2D eigenvalue weighted by Crippen LogP contribution is -2.55. The van der Waals surface area contributed by atoms with Crippen LogP contribution in [-0.2, 0) is 14.3 Å². The van der Waals surface area contributed by atoms with Crippen LogP contribution in [0.1, 0.15) is 46.5 Å². The van der Waals surface area contributed by atoms with Crippen molar-refractivity contribution in [2.45, 2.75) is 52.2 Å². The Morgan fingerprint density at radius 3 is 2.38 bits per heavy atom. The Morgan fingerprint density at radius 2 is 1.94 bits per heavy atom. The molecule has 1 rings (SSSR count). The van der Waals surface area contributed by atoms with Crippen LogP contribution in [0.15, 0.2) is 0 Å². The summed E-state index contributed by atoms with van der Waals surface area (Å²) in [5.74, 6) is 0.103. The minimum Gasteiger partial charge on any atom is -0.302 e. The highest BCUT2D eigenvalue weighted by Crippen LogP contribution is 2.45. The summed E-state index contributed by atoms with van der Waals surface area (Å²) in [6, 6.07) is 0. The minimum absolute atomic E-state index is 0.103. The topological polar surface area (TPSA) is 69.4 Å². The van der Waals surface area contributed by atoms with E-state index in [9.17, 15) is 8.42 Å². The van der Waals surface area contributed by atoms with Gasteiger partial charge < -0.3 is 5.73 Å². The predicted molar refractivity (Wildman–Crippen MR) is 64.3 cm³/mol. The summed E-state index contributed by atoms with van der Waals surface area (Å²) in [7, 11) is -3.49. The van der Waals surface area contributed by atoms with Gasteiger partial charge in [0, 0.05) is 5.92 Å². The summed E-state index contributed by atoms with van der Waals surface area (Å²) in [6.45, 7) is 6.41. The molecule has 1 saturated carbocycles. The SMILES string of the molecule is CCC1CC(C)(C)CCC1(N)OS(C)(=O)=O. The van der Waals surface area contributed by atoms with E-state index in [0.29, 0.717) is 6.42 Å². The van der Waals surface area contributed by atoms with Crippen LogP contribution < -0.4 is 5.73 Å². The van der Waals surface area contributed by atoms with E-state index in [0.717, 1.165) is 25.5 Å². The van der Waals surface area contributed by atoms with Crippen LogP contribution in [0.25, 0.3) is 0 Å². The first kappa shape index (κ1) is 13.9. The van der Waals surface area contributed by atoms with Crippen molar-refractivity contribution < 1.29 is 12.6 Å². The van der Waals surface area contributed by atoms with Gasteiger partial charge >= 0.3 is 0 Å². The third-order valence-corrected chi connectivity index (χ3v) is 4.09. The molecule has 0 aromatic heterocycles. The first-order chi connectivity index (χ1) is 7.08. The molecular formula is C11H23NO3S. The Balaban J connectivity index is 2.87. The van der Waals surface area contributed by atoms with Gasteiger partial charge in [0.15, 0.2) is 0 Å². The molecule has 0 aliphatic heterocycles. The van der Waals surface area contributed by atoms with Gasteiger partial charge in [0.25, 0.3) is 10.1 Å². The van der Waals surface area contributed by atoms with Crippen molar-refractivity contribution in [3.8, 4) is 0 Å². The van der Waals surface area contributed by atoms with Crippen molar-refractivity contribution in [1.82, 2.24) is 0 Å². The van der Waals surface area contributed by atoms with Gasteiger partial charge in [-0.05, 0) is 31.1 Å². The van der Waals surface area contributed by atoms with Crippen molar-refractivity contribution >= 4 is 10.1 Å². The van der Waals surface area contributed by atoms with Gasteiger partial charge in [-0.15, -0.1) is 0 Å². The van der Waals surface area contributed by atoms with Gasteiger partial charge in [-0.25, -0.2) is 4.18 Å². The zero-order chi connectivity index (χ0) is 12.6. The van der Waals surface area contributed by atoms with Crippen LogP contribution in [0.4, 0.5) is 0 Å². The molecule has 1 fully saturated rings. The molecule has 2 N–H and O–H groups in total. The second kappa shape index (κ2) is 4.27. The number of hydrogen-bond acceptors (Lipinski definition) is 4. The van der Waals surface area contributed by atoms with E-state index in [1.807, 2.05) is 6.92 Å². The molecule has 2 unspecified atom stereocenters. The number of rotatable bonds is 3. The molecule has 0 bridgehead atoms. The summed E-state index contributed by atoms with van der Waals surface area (Å²) in [4.78, 5) is 0. The highest BCUT2D eigenvalue weighted by atomic mass is 32.2. The fourth-order valence-corrected chi connectivity index (χ4v) is 3.34. The highest BCUT2D eigenvalue weighted by molar-refractivity contribution is 7.86. The Bertz CT molecular complexity index is 350. The fraction of sp³-hybridized carbons (Fsp3) is 1.00. The van der Waals surface area contributed by atoms with Gasteiger partial charge in [0.2, 0.25) is 0 Å². The second-order valence-electron chi connectivity index (χ2n) is 5.72. The maximum atomic E-state index is 11.2. The van der Waals surface area contributed by atoms with Crippen molar-refractivity contribution in [2.75, 3.05) is 6.26 Å². The first-order valence-corrected chi connectivity index (χ1v) is 7.59. The van der Waals surface area contributed by atoms with E-state index < -0.39 is 15.8 Å². The third-order valence-electron chi connectivity index (χ3n) is 3.48. The van der Waals surface area contributed by atoms with Crippen LogP contribution in [0, 0.1) is 11.3 Å². The van der Waals surface area contributed by atoms with Gasteiger partial charge in [-0.1, -0.05) is 20.8 Å². The molecule has 96 valence electrons. The van der Waals surface area contributed by atoms with E-state index in [4.69, 9.17) is 9.92 Å². The Morgan fingerprint density at radius 1 is 1.38 bits per heavy atom. The molecule has 0 radical (unpaired) electrons. The van der Waals surface area contributed by atoms with E-state index in [1.54, 1.807) is 0 Å². The molecular weight excluding hydrogens is 226 g/mol. The highest BCUT2D eigenvalue weighted by Gasteiger charge is 2.45. The molecule has 4 nitrogen and oxygen atoms in total. The van der Waals surface area contributed by atoms with E-state index in [-0.39, 0.29) is 11.3 Å². The molecule has 0 amide bonds. The van der Waals surface area contributed by atoms with Crippen LogP contribution in [0.2, 0.25) is 0 Å². The molecule has 0 heterocycles. The summed E-state index contributed by atoms with van der Waals surface area (Å²) < 4.78 is 27.6. The van der Waals surface area contributed by atoms with Crippen LogP contribution in [-0.4, -0.2) is 20.4 Å². The van der Waals surface area contributed by atoms with Crippen LogP contribution in [0.5, 0.6) is 0 Å². The molecule has 16 heavy (non-hydrogen) atoms. The summed E-state index contributed by atoms with van der Waals surface area (Å²) >= 11 is 0. The molecule has 0 saturated heterocycles. The van der Waals surface area contributed by atoms with Crippen molar-refractivity contribution in [3.05, 3.63) is 0 Å². The van der Waals surface area contributed by atoms with E-state index in [1.165, 1.54) is 0 Å². The second-order valence-corrected chi connectivity index (χ2v) is 7.29. The van der Waals surface area contributed by atoms with Crippen LogP contribution >= 0.6 is 0 Å². The van der Waals surface area contributed by atoms with E-state index >= 15 is 0 Å². The first-order valence-electron chi connectivity index (χ1n) is 5.77. The zero-order valence-electron chi connectivity index (χ0n) is 10.6. The number of nitrogens with two attached hydrogens (primary N) is 1. The lowest BCUT2D eigenvalue weighted by Gasteiger charge is -2.46. The summed E-state index contributed by atoms with van der Waals surface area (Å²) in [6.07, 6.45) is 4.32. The monoisotopic (exact) mass is 249 g/mol. The lowest BCUT2D eigenvalue weighted by molar-refractivity contribution is -0.0491.